The molecule has 0 aliphatic carbocycles. The second-order valence-corrected chi connectivity index (χ2v) is 8.80. The van der Waals surface area contributed by atoms with Gasteiger partial charge in [-0.2, -0.15) is 0 Å². The van der Waals surface area contributed by atoms with Crippen molar-refractivity contribution >= 4 is 17.5 Å². The quantitative estimate of drug-likeness (QED) is 0.599. The normalized spacial score (nSPS) is 18.0. The Balaban J connectivity index is 1.36. The number of para-hydroxylation sites is 1. The minimum atomic E-state index is -0.377. The third-order valence-corrected chi connectivity index (χ3v) is 6.70. The van der Waals surface area contributed by atoms with E-state index in [4.69, 9.17) is 4.52 Å². The summed E-state index contributed by atoms with van der Waals surface area (Å²) in [5, 5.41) is 4.17. The Morgan fingerprint density at radius 2 is 2.00 bits per heavy atom. The number of carbonyl (C=O) groups is 2. The summed E-state index contributed by atoms with van der Waals surface area (Å²) in [5.74, 6) is -0.155. The highest BCUT2D eigenvalue weighted by atomic mass is 19.1. The molecule has 1 saturated heterocycles. The van der Waals surface area contributed by atoms with Gasteiger partial charge in [0.25, 0.3) is 0 Å². The molecule has 0 N–H and O–H groups in total. The SMILES string of the molecule is CCc1cccc(C)c1N1CC(C(=O)N2CCc3noc(-c4ccc(F)cc4)c3C2)CC1=O. The van der Waals surface area contributed by atoms with Crippen LogP contribution in [0.3, 0.4) is 0 Å². The molecule has 33 heavy (non-hydrogen) atoms. The van der Waals surface area contributed by atoms with Crippen LogP contribution in [-0.4, -0.2) is 35.0 Å². The number of anilines is 1. The lowest BCUT2D eigenvalue weighted by Crippen LogP contribution is -2.40. The number of nitrogens with zero attached hydrogens (tertiary/aromatic N) is 3. The average molecular weight is 448 g/mol. The van der Waals surface area contributed by atoms with Gasteiger partial charge >= 0.3 is 0 Å². The molecule has 7 heteroatoms. The minimum absolute atomic E-state index is 0.00738. The van der Waals surface area contributed by atoms with E-state index < -0.39 is 0 Å². The molecule has 2 amide bonds. The number of hydrogen-bond donors (Lipinski definition) is 0. The highest BCUT2D eigenvalue weighted by Gasteiger charge is 2.39. The van der Waals surface area contributed by atoms with Gasteiger partial charge in [0.2, 0.25) is 11.8 Å². The Morgan fingerprint density at radius 1 is 1.21 bits per heavy atom. The molecule has 1 fully saturated rings. The maximum absolute atomic E-state index is 13.4. The van der Waals surface area contributed by atoms with Crippen molar-refractivity contribution in [3.05, 3.63) is 70.7 Å². The maximum atomic E-state index is 13.4. The van der Waals surface area contributed by atoms with Crippen LogP contribution in [0.1, 0.15) is 35.7 Å². The topological polar surface area (TPSA) is 66.7 Å². The van der Waals surface area contributed by atoms with E-state index in [1.165, 1.54) is 12.1 Å². The smallest absolute Gasteiger partial charge is 0.228 e. The Hall–Kier alpha value is -3.48. The van der Waals surface area contributed by atoms with E-state index in [1.807, 2.05) is 25.1 Å². The van der Waals surface area contributed by atoms with Gasteiger partial charge in [0.15, 0.2) is 5.76 Å². The first-order valence-electron chi connectivity index (χ1n) is 11.4. The van der Waals surface area contributed by atoms with Crippen molar-refractivity contribution in [2.24, 2.45) is 5.92 Å². The Labute approximate surface area is 192 Å². The number of benzene rings is 2. The molecule has 1 atom stereocenters. The van der Waals surface area contributed by atoms with E-state index in [9.17, 15) is 14.0 Å². The van der Waals surface area contributed by atoms with Crippen molar-refractivity contribution in [1.29, 1.82) is 0 Å². The zero-order chi connectivity index (χ0) is 23.1. The largest absolute Gasteiger partial charge is 0.356 e. The van der Waals surface area contributed by atoms with Crippen LogP contribution in [0, 0.1) is 18.7 Å². The van der Waals surface area contributed by atoms with Crippen LogP contribution in [0.4, 0.5) is 10.1 Å². The number of rotatable bonds is 4. The molecule has 1 aromatic heterocycles. The first-order chi connectivity index (χ1) is 16.0. The van der Waals surface area contributed by atoms with Crippen LogP contribution in [0.2, 0.25) is 0 Å². The molecule has 0 saturated carbocycles. The minimum Gasteiger partial charge on any atom is -0.356 e. The van der Waals surface area contributed by atoms with E-state index in [-0.39, 0.29) is 30.0 Å². The molecule has 5 rings (SSSR count). The molecule has 0 spiro atoms. The van der Waals surface area contributed by atoms with Crippen molar-refractivity contribution < 1.29 is 18.5 Å². The highest BCUT2D eigenvalue weighted by Crippen LogP contribution is 2.34. The van der Waals surface area contributed by atoms with Crippen LogP contribution in [0.5, 0.6) is 0 Å². The third-order valence-electron chi connectivity index (χ3n) is 6.70. The number of aromatic nitrogens is 1. The summed E-state index contributed by atoms with van der Waals surface area (Å²) in [5.41, 5.74) is 5.52. The van der Waals surface area contributed by atoms with Crippen molar-refractivity contribution in [3.8, 4) is 11.3 Å². The predicted octanol–water partition coefficient (Wildman–Crippen LogP) is 4.29. The fourth-order valence-corrected chi connectivity index (χ4v) is 4.97. The third kappa shape index (κ3) is 3.81. The lowest BCUT2D eigenvalue weighted by molar-refractivity contribution is -0.136. The van der Waals surface area contributed by atoms with Crippen molar-refractivity contribution in [2.45, 2.75) is 39.7 Å². The molecule has 2 aliphatic heterocycles. The van der Waals surface area contributed by atoms with Crippen LogP contribution < -0.4 is 4.90 Å². The molecule has 2 aliphatic rings. The predicted molar refractivity (Wildman–Crippen MR) is 122 cm³/mol. The van der Waals surface area contributed by atoms with Crippen molar-refractivity contribution in [2.75, 3.05) is 18.0 Å². The van der Waals surface area contributed by atoms with Gasteiger partial charge in [0.05, 0.1) is 18.2 Å². The van der Waals surface area contributed by atoms with E-state index in [2.05, 4.69) is 12.1 Å². The first-order valence-corrected chi connectivity index (χ1v) is 11.4. The number of halogens is 1. The lowest BCUT2D eigenvalue weighted by atomic mass is 9.99. The molecule has 0 bridgehead atoms. The first kappa shape index (κ1) is 21.4. The Bertz CT molecular complexity index is 1220. The molecule has 170 valence electrons. The van der Waals surface area contributed by atoms with Crippen LogP contribution in [-0.2, 0) is 29.0 Å². The summed E-state index contributed by atoms with van der Waals surface area (Å²) < 4.78 is 18.9. The summed E-state index contributed by atoms with van der Waals surface area (Å²) >= 11 is 0. The number of hydrogen-bond acceptors (Lipinski definition) is 4. The fraction of sp³-hybridized carbons (Fsp3) is 0.346. The monoisotopic (exact) mass is 447 g/mol. The molecule has 3 heterocycles. The highest BCUT2D eigenvalue weighted by molar-refractivity contribution is 6.01. The number of fused-ring (bicyclic) bond motifs is 1. The van der Waals surface area contributed by atoms with E-state index >= 15 is 0 Å². The number of carbonyl (C=O) groups excluding carboxylic acids is 2. The van der Waals surface area contributed by atoms with Gasteiger partial charge in [0.1, 0.15) is 5.82 Å². The second kappa shape index (κ2) is 8.46. The molecular formula is C26H26FN3O3. The van der Waals surface area contributed by atoms with Gasteiger partial charge < -0.3 is 14.3 Å². The van der Waals surface area contributed by atoms with Crippen LogP contribution >= 0.6 is 0 Å². The molecule has 1 unspecified atom stereocenters. The van der Waals surface area contributed by atoms with Crippen LogP contribution in [0.25, 0.3) is 11.3 Å². The lowest BCUT2D eigenvalue weighted by Gasteiger charge is -2.29. The molecular weight excluding hydrogens is 421 g/mol. The second-order valence-electron chi connectivity index (χ2n) is 8.80. The van der Waals surface area contributed by atoms with Gasteiger partial charge in [0, 0.05) is 42.7 Å². The van der Waals surface area contributed by atoms with Gasteiger partial charge in [-0.05, 0) is 48.7 Å². The van der Waals surface area contributed by atoms with Gasteiger partial charge in [-0.3, -0.25) is 9.59 Å². The summed E-state index contributed by atoms with van der Waals surface area (Å²) in [4.78, 5) is 29.9. The summed E-state index contributed by atoms with van der Waals surface area (Å²) in [6, 6.07) is 12.1. The van der Waals surface area contributed by atoms with E-state index in [0.29, 0.717) is 31.8 Å². The van der Waals surface area contributed by atoms with Gasteiger partial charge in [-0.1, -0.05) is 30.3 Å². The molecule has 6 nitrogen and oxygen atoms in total. The van der Waals surface area contributed by atoms with E-state index in [1.54, 1.807) is 21.9 Å². The Morgan fingerprint density at radius 3 is 2.76 bits per heavy atom. The van der Waals surface area contributed by atoms with Crippen LogP contribution in [0.15, 0.2) is 47.0 Å². The summed E-state index contributed by atoms with van der Waals surface area (Å²) in [6.45, 7) is 5.39. The summed E-state index contributed by atoms with van der Waals surface area (Å²) in [7, 11) is 0. The maximum Gasteiger partial charge on any atom is 0.228 e. The molecule has 2 aromatic carbocycles. The van der Waals surface area contributed by atoms with Gasteiger partial charge in [-0.15, -0.1) is 0 Å². The number of amides is 2. The zero-order valence-electron chi connectivity index (χ0n) is 18.8. The molecule has 0 radical (unpaired) electrons. The zero-order valence-corrected chi connectivity index (χ0v) is 18.8. The van der Waals surface area contributed by atoms with Crippen molar-refractivity contribution in [1.82, 2.24) is 10.1 Å². The average Bonchev–Trinajstić information content (AvgIpc) is 3.42. The van der Waals surface area contributed by atoms with E-state index in [0.717, 1.165) is 40.1 Å². The Kier molecular flexibility index (Phi) is 5.48. The molecule has 3 aromatic rings. The van der Waals surface area contributed by atoms with Crippen molar-refractivity contribution in [3.63, 3.8) is 0 Å². The van der Waals surface area contributed by atoms with Gasteiger partial charge in [-0.25, -0.2) is 4.39 Å². The standard InChI is InChI=1S/C26H26FN3O3/c1-3-17-6-4-5-16(2)24(17)30-14-19(13-23(30)31)26(32)29-12-11-22-21(15-29)25(33-28-22)18-7-9-20(27)10-8-18/h4-10,19H,3,11-15H2,1-2H3. The summed E-state index contributed by atoms with van der Waals surface area (Å²) in [6.07, 6.45) is 1.63. The fourth-order valence-electron chi connectivity index (χ4n) is 4.97. The number of aryl methyl sites for hydroxylation is 2.